The smallest absolute Gasteiger partial charge is 0.306 e. The van der Waals surface area contributed by atoms with Crippen LogP contribution in [0, 0.1) is 0 Å². The van der Waals surface area contributed by atoms with E-state index in [-0.39, 0.29) is 31.1 Å². The summed E-state index contributed by atoms with van der Waals surface area (Å²) in [5.41, 5.74) is 0. The fraction of sp³-hybridized carbons (Fsp3) is 0.882. The summed E-state index contributed by atoms with van der Waals surface area (Å²) in [6.45, 7) is 6.71. The lowest BCUT2D eigenvalue weighted by molar-refractivity contribution is -0.167. The van der Waals surface area contributed by atoms with Gasteiger partial charge in [0, 0.05) is 19.3 Å². The number of hydrogen-bond donors (Lipinski definition) is 0. The average molecular weight is 1150 g/mol. The van der Waals surface area contributed by atoms with Gasteiger partial charge in [0.05, 0.1) is 0 Å². The number of carbonyl (C=O) groups excluding carboxylic acids is 3. The highest BCUT2D eigenvalue weighted by atomic mass is 16.6. The Kier molecular flexibility index (Phi) is 69.1. The molecule has 1 atom stereocenters. The topological polar surface area (TPSA) is 78.9 Å². The molecule has 0 aliphatic carbocycles. The Balaban J connectivity index is 4.32. The van der Waals surface area contributed by atoms with Crippen molar-refractivity contribution in [2.24, 2.45) is 0 Å². The molecular weight excluding hydrogens is 1010 g/mol. The van der Waals surface area contributed by atoms with E-state index in [1.54, 1.807) is 0 Å². The van der Waals surface area contributed by atoms with Crippen molar-refractivity contribution in [1.29, 1.82) is 0 Å². The van der Waals surface area contributed by atoms with Crippen molar-refractivity contribution in [3.8, 4) is 0 Å². The maximum atomic E-state index is 13.0. The van der Waals surface area contributed by atoms with E-state index in [4.69, 9.17) is 14.2 Å². The molecule has 0 N–H and O–H groups in total. The van der Waals surface area contributed by atoms with Crippen LogP contribution in [-0.2, 0) is 28.6 Å². The number of allylic oxidation sites excluding steroid dienone is 6. The highest BCUT2D eigenvalue weighted by Crippen LogP contribution is 2.19. The molecule has 0 radical (unpaired) electrons. The van der Waals surface area contributed by atoms with Crippen molar-refractivity contribution in [1.82, 2.24) is 0 Å². The Morgan fingerprint density at radius 1 is 0.244 bits per heavy atom. The highest BCUT2D eigenvalue weighted by Gasteiger charge is 2.20. The number of rotatable bonds is 69. The van der Waals surface area contributed by atoms with Crippen LogP contribution in [0.15, 0.2) is 36.5 Å². The number of esters is 3. The van der Waals surface area contributed by atoms with E-state index in [0.29, 0.717) is 19.3 Å². The molecule has 6 heteroatoms. The van der Waals surface area contributed by atoms with E-state index in [0.717, 1.165) is 64.2 Å². The average Bonchev–Trinajstić information content (AvgIpc) is 3.47. The van der Waals surface area contributed by atoms with Gasteiger partial charge in [0.15, 0.2) is 6.10 Å². The van der Waals surface area contributed by atoms with Crippen LogP contribution in [0.3, 0.4) is 0 Å². The Morgan fingerprint density at radius 3 is 0.683 bits per heavy atom. The van der Waals surface area contributed by atoms with Crippen molar-refractivity contribution < 1.29 is 28.6 Å². The minimum atomic E-state index is -0.774. The maximum Gasteiger partial charge on any atom is 0.306 e. The normalized spacial score (nSPS) is 12.2. The summed E-state index contributed by atoms with van der Waals surface area (Å²) in [5.74, 6) is -0.841. The lowest BCUT2D eigenvalue weighted by atomic mass is 10.0. The minimum Gasteiger partial charge on any atom is -0.462 e. The molecular formula is C76H142O6. The Bertz CT molecular complexity index is 1370. The third-order valence-corrected chi connectivity index (χ3v) is 16.9. The molecule has 0 aromatic heterocycles. The van der Waals surface area contributed by atoms with Gasteiger partial charge in [-0.05, 0) is 77.0 Å². The molecule has 0 aliphatic rings. The van der Waals surface area contributed by atoms with Gasteiger partial charge in [0.25, 0.3) is 0 Å². The predicted molar refractivity (Wildman–Crippen MR) is 358 cm³/mol. The van der Waals surface area contributed by atoms with E-state index < -0.39 is 6.10 Å². The van der Waals surface area contributed by atoms with Crippen LogP contribution in [-0.4, -0.2) is 37.2 Å². The molecule has 0 aromatic rings. The molecule has 0 aromatic carbocycles. The molecule has 0 saturated carbocycles. The summed E-state index contributed by atoms with van der Waals surface area (Å²) >= 11 is 0. The fourth-order valence-electron chi connectivity index (χ4n) is 11.3. The predicted octanol–water partition coefficient (Wildman–Crippen LogP) is 25.5. The van der Waals surface area contributed by atoms with Gasteiger partial charge in [-0.15, -0.1) is 0 Å². The largest absolute Gasteiger partial charge is 0.462 e. The lowest BCUT2D eigenvalue weighted by Crippen LogP contribution is -2.30. The van der Waals surface area contributed by atoms with Crippen LogP contribution in [0.1, 0.15) is 412 Å². The van der Waals surface area contributed by atoms with Gasteiger partial charge in [-0.1, -0.05) is 353 Å². The van der Waals surface area contributed by atoms with Crippen molar-refractivity contribution >= 4 is 17.9 Å². The summed E-state index contributed by atoms with van der Waals surface area (Å²) in [5, 5.41) is 0. The Labute approximate surface area is 512 Å². The second-order valence-corrected chi connectivity index (χ2v) is 25.2. The van der Waals surface area contributed by atoms with Gasteiger partial charge < -0.3 is 14.2 Å². The fourth-order valence-corrected chi connectivity index (χ4v) is 11.3. The molecule has 0 rings (SSSR count). The van der Waals surface area contributed by atoms with Gasteiger partial charge in [0.2, 0.25) is 0 Å². The van der Waals surface area contributed by atoms with E-state index in [1.807, 2.05) is 0 Å². The molecule has 82 heavy (non-hydrogen) atoms. The van der Waals surface area contributed by atoms with Crippen molar-refractivity contribution in [3.63, 3.8) is 0 Å². The summed E-state index contributed by atoms with van der Waals surface area (Å²) in [4.78, 5) is 38.5. The van der Waals surface area contributed by atoms with Crippen LogP contribution in [0.25, 0.3) is 0 Å². The first-order chi connectivity index (χ1) is 40.5. The van der Waals surface area contributed by atoms with Gasteiger partial charge in [-0.2, -0.15) is 0 Å². The molecule has 0 spiro atoms. The number of hydrogen-bond acceptors (Lipinski definition) is 6. The van der Waals surface area contributed by atoms with Crippen molar-refractivity contribution in [2.75, 3.05) is 13.2 Å². The van der Waals surface area contributed by atoms with Crippen molar-refractivity contribution in [2.45, 2.75) is 419 Å². The first kappa shape index (κ1) is 79.6. The molecule has 0 fully saturated rings. The molecule has 0 saturated heterocycles. The van der Waals surface area contributed by atoms with E-state index >= 15 is 0 Å². The van der Waals surface area contributed by atoms with Crippen molar-refractivity contribution in [3.05, 3.63) is 36.5 Å². The zero-order valence-electron chi connectivity index (χ0n) is 55.5. The molecule has 0 heterocycles. The quantitative estimate of drug-likeness (QED) is 0.0261. The summed E-state index contributed by atoms with van der Waals surface area (Å²) < 4.78 is 17.0. The number of unbranched alkanes of at least 4 members (excludes halogenated alkanes) is 52. The van der Waals surface area contributed by atoms with E-state index in [1.165, 1.54) is 308 Å². The minimum absolute atomic E-state index is 0.0687. The third-order valence-electron chi connectivity index (χ3n) is 16.9. The number of ether oxygens (including phenoxy) is 3. The van der Waals surface area contributed by atoms with Gasteiger partial charge >= 0.3 is 17.9 Å². The number of carbonyl (C=O) groups is 3. The standard InChI is InChI=1S/C76H142O6/c1-4-7-10-13-16-19-22-25-28-31-34-37-38-40-42-45-48-51-54-57-60-63-66-69-75(78)81-72-73(71-80-74(77)68-65-62-59-56-53-50-47-44-41-36-33-30-27-24-21-18-15-12-9-6-3)82-76(79)70-67-64-61-58-55-52-49-46-43-39-35-32-29-26-23-20-17-14-11-8-5-2/h23,26,31-32,34-35,73H,4-22,24-25,27-30,33,36-72H2,1-3H3/b26-23-,34-31-,35-32-. The molecule has 1 unspecified atom stereocenters. The van der Waals surface area contributed by atoms with Crippen LogP contribution in [0.4, 0.5) is 0 Å². The van der Waals surface area contributed by atoms with Crippen LogP contribution in [0.5, 0.6) is 0 Å². The second-order valence-electron chi connectivity index (χ2n) is 25.2. The molecule has 0 bridgehead atoms. The van der Waals surface area contributed by atoms with E-state index in [2.05, 4.69) is 57.2 Å². The molecule has 482 valence electrons. The second kappa shape index (κ2) is 71.1. The van der Waals surface area contributed by atoms with Crippen LogP contribution < -0.4 is 0 Å². The first-order valence-electron chi connectivity index (χ1n) is 37.0. The summed E-state index contributed by atoms with van der Waals surface area (Å²) in [6, 6.07) is 0. The van der Waals surface area contributed by atoms with Crippen LogP contribution >= 0.6 is 0 Å². The Morgan fingerprint density at radius 2 is 0.439 bits per heavy atom. The zero-order valence-corrected chi connectivity index (χ0v) is 55.5. The van der Waals surface area contributed by atoms with E-state index in [9.17, 15) is 14.4 Å². The lowest BCUT2D eigenvalue weighted by Gasteiger charge is -2.18. The summed E-state index contributed by atoms with van der Waals surface area (Å²) in [6.07, 6.45) is 88.9. The Hall–Kier alpha value is -2.37. The SMILES string of the molecule is CCCCCCC/C=C\C/C=C\CCCCCCCCCCCC(=O)OC(COC(=O)CCCCCCCCCCCCC/C=C\CCCCCCCCCC)COC(=O)CCCCCCCCCCCCCCCCCCCCCC. The monoisotopic (exact) mass is 1150 g/mol. The molecule has 6 nitrogen and oxygen atoms in total. The highest BCUT2D eigenvalue weighted by molar-refractivity contribution is 5.71. The molecule has 0 aliphatic heterocycles. The van der Waals surface area contributed by atoms with Crippen LogP contribution in [0.2, 0.25) is 0 Å². The van der Waals surface area contributed by atoms with Gasteiger partial charge in [-0.3, -0.25) is 14.4 Å². The van der Waals surface area contributed by atoms with Gasteiger partial charge in [-0.25, -0.2) is 0 Å². The third kappa shape index (κ3) is 68.4. The summed E-state index contributed by atoms with van der Waals surface area (Å²) in [7, 11) is 0. The van der Waals surface area contributed by atoms with Gasteiger partial charge in [0.1, 0.15) is 13.2 Å². The first-order valence-corrected chi connectivity index (χ1v) is 37.0. The maximum absolute atomic E-state index is 13.0. The zero-order chi connectivity index (χ0) is 59.2. The molecule has 0 amide bonds.